The highest BCUT2D eigenvalue weighted by Gasteiger charge is 2.35. The predicted octanol–water partition coefficient (Wildman–Crippen LogP) is 1.43. The third-order valence-corrected chi connectivity index (χ3v) is 3.25. The summed E-state index contributed by atoms with van der Waals surface area (Å²) < 4.78 is 0. The van der Waals surface area contributed by atoms with Gasteiger partial charge in [0.15, 0.2) is 0 Å². The Morgan fingerprint density at radius 3 is 2.92 bits per heavy atom. The number of thiophene rings is 1. The Morgan fingerprint density at radius 2 is 2.38 bits per heavy atom. The first-order valence-corrected chi connectivity index (χ1v) is 4.63. The average molecular weight is 220 g/mol. The molecular weight excluding hydrogens is 210 g/mol. The fourth-order valence-corrected chi connectivity index (χ4v) is 2.59. The third kappa shape index (κ3) is 1.57. The average Bonchev–Trinajstić information content (AvgIpc) is 2.53. The number of hydrogen-bond donors (Lipinski definition) is 2. The molecular formula is C8H10ClNO2S. The maximum Gasteiger partial charge on any atom is 0.308 e. The Kier molecular flexibility index (Phi) is 2.95. The largest absolute Gasteiger partial charge is 0.481 e. The summed E-state index contributed by atoms with van der Waals surface area (Å²) >= 11 is 1.59. The molecule has 13 heavy (non-hydrogen) atoms. The molecule has 0 spiro atoms. The van der Waals surface area contributed by atoms with Crippen molar-refractivity contribution >= 4 is 29.7 Å². The zero-order chi connectivity index (χ0) is 8.72. The minimum absolute atomic E-state index is 0. The zero-order valence-electron chi connectivity index (χ0n) is 6.77. The van der Waals surface area contributed by atoms with Crippen LogP contribution in [0, 0.1) is 5.92 Å². The van der Waals surface area contributed by atoms with Crippen LogP contribution in [0.2, 0.25) is 0 Å². The lowest BCUT2D eigenvalue weighted by molar-refractivity contribution is -0.142. The Bertz CT molecular complexity index is 326. The molecule has 5 heteroatoms. The molecule has 0 saturated carbocycles. The monoisotopic (exact) mass is 219 g/mol. The van der Waals surface area contributed by atoms with E-state index in [1.807, 2.05) is 11.4 Å². The molecule has 3 nitrogen and oxygen atoms in total. The molecule has 72 valence electrons. The fourth-order valence-electron chi connectivity index (χ4n) is 1.60. The Balaban J connectivity index is 0.000000845. The van der Waals surface area contributed by atoms with Gasteiger partial charge >= 0.3 is 5.97 Å². The van der Waals surface area contributed by atoms with Crippen molar-refractivity contribution < 1.29 is 9.90 Å². The molecule has 0 saturated heterocycles. The second-order valence-electron chi connectivity index (χ2n) is 2.97. The number of aliphatic carboxylic acids is 1. The quantitative estimate of drug-likeness (QED) is 0.751. The summed E-state index contributed by atoms with van der Waals surface area (Å²) in [6, 6.07) is 1.62. The molecule has 0 bridgehead atoms. The maximum absolute atomic E-state index is 10.7. The van der Waals surface area contributed by atoms with Crippen LogP contribution in [0.15, 0.2) is 11.4 Å². The van der Waals surface area contributed by atoms with Gasteiger partial charge in [-0.05, 0) is 23.4 Å². The molecule has 0 unspecified atom stereocenters. The van der Waals surface area contributed by atoms with E-state index in [0.29, 0.717) is 6.42 Å². The fraction of sp³-hybridized carbons (Fsp3) is 0.375. The van der Waals surface area contributed by atoms with Crippen LogP contribution in [0.4, 0.5) is 0 Å². The lowest BCUT2D eigenvalue weighted by atomic mass is 10.0. The number of fused-ring (bicyclic) bond motifs is 1. The number of carbonyl (C=O) groups is 1. The highest BCUT2D eigenvalue weighted by molar-refractivity contribution is 7.10. The SMILES string of the molecule is Cl.N[C@@H]1c2ccsc2C[C@H]1C(=O)O. The van der Waals surface area contributed by atoms with E-state index in [9.17, 15) is 4.79 Å². The lowest BCUT2D eigenvalue weighted by Gasteiger charge is -2.09. The lowest BCUT2D eigenvalue weighted by Crippen LogP contribution is -2.24. The second kappa shape index (κ2) is 3.65. The van der Waals surface area contributed by atoms with Gasteiger partial charge in [-0.3, -0.25) is 4.79 Å². The van der Waals surface area contributed by atoms with Crippen molar-refractivity contribution in [2.24, 2.45) is 11.7 Å². The van der Waals surface area contributed by atoms with Crippen molar-refractivity contribution in [3.63, 3.8) is 0 Å². The topological polar surface area (TPSA) is 63.3 Å². The van der Waals surface area contributed by atoms with Gasteiger partial charge in [0, 0.05) is 10.9 Å². The van der Waals surface area contributed by atoms with Crippen molar-refractivity contribution in [2.45, 2.75) is 12.5 Å². The molecule has 1 aromatic rings. The van der Waals surface area contributed by atoms with Crippen LogP contribution >= 0.6 is 23.7 Å². The Morgan fingerprint density at radius 1 is 1.69 bits per heavy atom. The molecule has 0 aliphatic heterocycles. The normalized spacial score (nSPS) is 25.0. The van der Waals surface area contributed by atoms with E-state index < -0.39 is 11.9 Å². The number of nitrogens with two attached hydrogens (primary N) is 1. The molecule has 2 atom stereocenters. The van der Waals surface area contributed by atoms with Crippen LogP contribution in [0.1, 0.15) is 16.5 Å². The van der Waals surface area contributed by atoms with Gasteiger partial charge in [0.05, 0.1) is 5.92 Å². The highest BCUT2D eigenvalue weighted by Crippen LogP contribution is 2.37. The van der Waals surface area contributed by atoms with Gasteiger partial charge in [-0.15, -0.1) is 23.7 Å². The van der Waals surface area contributed by atoms with E-state index in [0.717, 1.165) is 10.4 Å². The van der Waals surface area contributed by atoms with E-state index in [2.05, 4.69) is 0 Å². The Hall–Kier alpha value is -0.580. The molecule has 3 N–H and O–H groups in total. The standard InChI is InChI=1S/C8H9NO2S.ClH/c9-7-4-1-2-12-6(4)3-5(7)8(10)11;/h1-2,5,7H,3,9H2,(H,10,11);1H/t5-,7-;/m1./s1. The van der Waals surface area contributed by atoms with Crippen LogP contribution < -0.4 is 5.73 Å². The molecule has 0 aromatic carbocycles. The van der Waals surface area contributed by atoms with Crippen LogP contribution in [-0.4, -0.2) is 11.1 Å². The molecule has 1 aliphatic carbocycles. The number of halogens is 1. The Labute approximate surface area is 86.0 Å². The van der Waals surface area contributed by atoms with Gasteiger partial charge in [0.2, 0.25) is 0 Å². The molecule has 1 aromatic heterocycles. The number of rotatable bonds is 1. The van der Waals surface area contributed by atoms with Crippen LogP contribution in [0.5, 0.6) is 0 Å². The first kappa shape index (κ1) is 10.5. The van der Waals surface area contributed by atoms with Gasteiger partial charge < -0.3 is 10.8 Å². The van der Waals surface area contributed by atoms with Crippen molar-refractivity contribution in [3.05, 3.63) is 21.9 Å². The smallest absolute Gasteiger partial charge is 0.308 e. The van der Waals surface area contributed by atoms with Crippen molar-refractivity contribution in [2.75, 3.05) is 0 Å². The van der Waals surface area contributed by atoms with E-state index >= 15 is 0 Å². The molecule has 1 aliphatic rings. The van der Waals surface area contributed by atoms with Gasteiger partial charge in [0.25, 0.3) is 0 Å². The number of carboxylic acid groups (broad SMARTS) is 1. The minimum Gasteiger partial charge on any atom is -0.481 e. The van der Waals surface area contributed by atoms with E-state index in [1.54, 1.807) is 11.3 Å². The van der Waals surface area contributed by atoms with Gasteiger partial charge in [0.1, 0.15) is 0 Å². The van der Waals surface area contributed by atoms with Crippen molar-refractivity contribution in [1.82, 2.24) is 0 Å². The summed E-state index contributed by atoms with van der Waals surface area (Å²) in [5, 5.41) is 10.8. The first-order chi connectivity index (χ1) is 5.70. The summed E-state index contributed by atoms with van der Waals surface area (Å²) in [5.41, 5.74) is 6.78. The zero-order valence-corrected chi connectivity index (χ0v) is 8.40. The first-order valence-electron chi connectivity index (χ1n) is 3.75. The molecule has 2 rings (SSSR count). The summed E-state index contributed by atoms with van der Waals surface area (Å²) in [4.78, 5) is 11.8. The van der Waals surface area contributed by atoms with Crippen LogP contribution in [-0.2, 0) is 11.2 Å². The van der Waals surface area contributed by atoms with Crippen molar-refractivity contribution in [3.8, 4) is 0 Å². The van der Waals surface area contributed by atoms with Gasteiger partial charge in [-0.25, -0.2) is 0 Å². The second-order valence-corrected chi connectivity index (χ2v) is 3.97. The summed E-state index contributed by atoms with van der Waals surface area (Å²) in [5.74, 6) is -1.20. The van der Waals surface area contributed by atoms with Crippen molar-refractivity contribution in [1.29, 1.82) is 0 Å². The van der Waals surface area contributed by atoms with Crippen LogP contribution in [0.25, 0.3) is 0 Å². The van der Waals surface area contributed by atoms with Gasteiger partial charge in [-0.2, -0.15) is 0 Å². The highest BCUT2D eigenvalue weighted by atomic mass is 35.5. The molecule has 0 amide bonds. The summed E-state index contributed by atoms with van der Waals surface area (Å²) in [6.07, 6.45) is 0.601. The van der Waals surface area contributed by atoms with Crippen LogP contribution in [0.3, 0.4) is 0 Å². The number of carboxylic acids is 1. The minimum atomic E-state index is -0.786. The third-order valence-electron chi connectivity index (χ3n) is 2.29. The molecule has 1 heterocycles. The molecule has 0 fully saturated rings. The maximum atomic E-state index is 10.7. The van der Waals surface area contributed by atoms with Gasteiger partial charge in [-0.1, -0.05) is 0 Å². The summed E-state index contributed by atoms with van der Waals surface area (Å²) in [7, 11) is 0. The molecule has 0 radical (unpaired) electrons. The predicted molar refractivity (Wildman–Crippen MR) is 53.3 cm³/mol. The van der Waals surface area contributed by atoms with E-state index in [1.165, 1.54) is 0 Å². The number of hydrogen-bond acceptors (Lipinski definition) is 3. The summed E-state index contributed by atoms with van der Waals surface area (Å²) in [6.45, 7) is 0. The van der Waals surface area contributed by atoms with E-state index in [4.69, 9.17) is 10.8 Å². The van der Waals surface area contributed by atoms with E-state index in [-0.39, 0.29) is 18.4 Å².